The molecule has 0 saturated carbocycles. The van der Waals surface area contributed by atoms with E-state index in [0.717, 1.165) is 0 Å². The molecule has 0 heterocycles. The number of thioether (sulfide) groups is 1. The number of aliphatic imine (C=N–C) groups is 1. The summed E-state index contributed by atoms with van der Waals surface area (Å²) in [5.41, 5.74) is 1.28. The standard InChI is InChI=1S/C32H60N6O6S/c1-19(2)15-25(27(39)16-22(7)29(40)37-28(21(5)6)31(42)34-17-20(3)4)35-30(41)24(13-14-45-12)36-32(43)44-18-26(38(10)11)23(8)33-9/h19-22,24-25,27-28,39H,9,13-18H2,1-8,10-12H3,(H,34,42)(H,35,41)(H,36,43)(H,37,40)/b26-23-/t22-,24+,25+,27+,28+/m1/s1. The zero-order valence-corrected chi connectivity index (χ0v) is 30.2. The van der Waals surface area contributed by atoms with Crippen LogP contribution >= 0.6 is 11.8 Å². The first-order valence-electron chi connectivity index (χ1n) is 15.8. The minimum atomic E-state index is -1.04. The monoisotopic (exact) mass is 656 g/mol. The van der Waals surface area contributed by atoms with Crippen molar-refractivity contribution in [3.63, 3.8) is 0 Å². The van der Waals surface area contributed by atoms with Crippen LogP contribution in [0.4, 0.5) is 4.79 Å². The van der Waals surface area contributed by atoms with Gasteiger partial charge in [-0.25, -0.2) is 4.79 Å². The van der Waals surface area contributed by atoms with Gasteiger partial charge in [-0.05, 0) is 62.7 Å². The second-order valence-electron chi connectivity index (χ2n) is 13.0. The largest absolute Gasteiger partial charge is 0.443 e. The molecule has 0 fully saturated rings. The number of amides is 4. The summed E-state index contributed by atoms with van der Waals surface area (Å²) in [4.78, 5) is 57.6. The first kappa shape index (κ1) is 42.2. The van der Waals surface area contributed by atoms with Gasteiger partial charge < -0.3 is 36.0 Å². The van der Waals surface area contributed by atoms with Gasteiger partial charge in [0.25, 0.3) is 0 Å². The highest BCUT2D eigenvalue weighted by molar-refractivity contribution is 7.98. The van der Waals surface area contributed by atoms with Crippen molar-refractivity contribution in [2.75, 3.05) is 39.3 Å². The van der Waals surface area contributed by atoms with Crippen LogP contribution in [0.3, 0.4) is 0 Å². The predicted molar refractivity (Wildman–Crippen MR) is 183 cm³/mol. The van der Waals surface area contributed by atoms with Crippen molar-refractivity contribution >= 4 is 42.3 Å². The Balaban J connectivity index is 5.58. The molecule has 5 N–H and O–H groups in total. The third-order valence-electron chi connectivity index (χ3n) is 7.25. The molecule has 45 heavy (non-hydrogen) atoms. The minimum Gasteiger partial charge on any atom is -0.443 e. The van der Waals surface area contributed by atoms with Gasteiger partial charge in [0.15, 0.2) is 0 Å². The van der Waals surface area contributed by atoms with Crippen molar-refractivity contribution in [2.24, 2.45) is 28.7 Å². The fourth-order valence-corrected chi connectivity index (χ4v) is 4.92. The fraction of sp³-hybridized carbons (Fsp3) is 0.781. The Morgan fingerprint density at radius 3 is 2.02 bits per heavy atom. The SMILES string of the molecule is C=N/C(C)=C(/COC(=O)N[C@@H](CCSC)C(=O)N[C@@H](CC(C)C)[C@@H](O)C[C@@H](C)C(=O)N[C@H](C(=O)NCC(C)C)C(C)C)N(C)C. The minimum absolute atomic E-state index is 0.0494. The van der Waals surface area contributed by atoms with E-state index in [1.165, 1.54) is 11.8 Å². The van der Waals surface area contributed by atoms with Crippen LogP contribution in [0, 0.1) is 23.7 Å². The lowest BCUT2D eigenvalue weighted by molar-refractivity contribution is -0.132. The molecule has 0 aliphatic carbocycles. The number of likely N-dealkylation sites (N-methyl/N-ethyl adjacent to an activating group) is 1. The first-order valence-corrected chi connectivity index (χ1v) is 17.2. The van der Waals surface area contributed by atoms with Gasteiger partial charge in [0.05, 0.1) is 23.5 Å². The van der Waals surface area contributed by atoms with E-state index in [4.69, 9.17) is 4.74 Å². The van der Waals surface area contributed by atoms with Gasteiger partial charge in [-0.1, -0.05) is 48.5 Å². The van der Waals surface area contributed by atoms with Crippen molar-refractivity contribution in [2.45, 2.75) is 98.9 Å². The maximum atomic E-state index is 13.4. The molecule has 0 aromatic carbocycles. The third kappa shape index (κ3) is 16.9. The van der Waals surface area contributed by atoms with Crippen molar-refractivity contribution in [1.82, 2.24) is 26.2 Å². The van der Waals surface area contributed by atoms with Crippen LogP contribution in [-0.2, 0) is 19.1 Å². The number of nitrogens with zero attached hydrogens (tertiary/aromatic N) is 2. The first-order chi connectivity index (χ1) is 20.9. The summed E-state index contributed by atoms with van der Waals surface area (Å²) < 4.78 is 5.39. The lowest BCUT2D eigenvalue weighted by Crippen LogP contribution is -2.54. The molecule has 0 saturated heterocycles. The van der Waals surface area contributed by atoms with E-state index in [-0.39, 0.29) is 42.6 Å². The highest BCUT2D eigenvalue weighted by Crippen LogP contribution is 2.17. The van der Waals surface area contributed by atoms with Gasteiger partial charge in [0.2, 0.25) is 17.7 Å². The van der Waals surface area contributed by atoms with Gasteiger partial charge in [-0.15, -0.1) is 0 Å². The van der Waals surface area contributed by atoms with Gasteiger partial charge in [0, 0.05) is 26.6 Å². The Morgan fingerprint density at radius 2 is 1.53 bits per heavy atom. The second-order valence-corrected chi connectivity index (χ2v) is 13.9. The fourth-order valence-electron chi connectivity index (χ4n) is 4.45. The molecule has 5 atom stereocenters. The number of hydrogen-bond acceptors (Lipinski definition) is 9. The quantitative estimate of drug-likeness (QED) is 0.118. The molecular weight excluding hydrogens is 596 g/mol. The van der Waals surface area contributed by atoms with E-state index in [1.54, 1.807) is 32.8 Å². The number of ether oxygens (including phenoxy) is 1. The molecule has 4 amide bonds. The second kappa shape index (κ2) is 21.9. The highest BCUT2D eigenvalue weighted by Gasteiger charge is 2.31. The van der Waals surface area contributed by atoms with Crippen molar-refractivity contribution in [1.29, 1.82) is 0 Å². The van der Waals surface area contributed by atoms with Crippen molar-refractivity contribution in [3.05, 3.63) is 11.4 Å². The number of allylic oxidation sites excluding steroid dienone is 1. The lowest BCUT2D eigenvalue weighted by Gasteiger charge is -2.30. The zero-order valence-electron chi connectivity index (χ0n) is 29.4. The molecular formula is C32H60N6O6S. The molecule has 0 unspecified atom stereocenters. The molecule has 13 heteroatoms. The van der Waals surface area contributed by atoms with Crippen molar-refractivity contribution < 1.29 is 29.0 Å². The Hall–Kier alpha value is -2.80. The molecule has 12 nitrogen and oxygen atoms in total. The normalized spacial score (nSPS) is 15.4. The maximum Gasteiger partial charge on any atom is 0.408 e. The number of hydrogen-bond donors (Lipinski definition) is 5. The number of carbonyl (C=O) groups is 4. The lowest BCUT2D eigenvalue weighted by atomic mass is 9.91. The number of rotatable bonds is 21. The van der Waals surface area contributed by atoms with E-state index >= 15 is 0 Å². The molecule has 260 valence electrons. The molecule has 0 radical (unpaired) electrons. The van der Waals surface area contributed by atoms with Crippen LogP contribution < -0.4 is 21.3 Å². The van der Waals surface area contributed by atoms with Crippen LogP contribution in [0.15, 0.2) is 16.4 Å². The molecule has 0 spiro atoms. The van der Waals surface area contributed by atoms with Crippen LogP contribution in [0.5, 0.6) is 0 Å². The van der Waals surface area contributed by atoms with Gasteiger partial charge >= 0.3 is 6.09 Å². The molecule has 0 aromatic heterocycles. The number of aliphatic hydroxyl groups is 1. The molecule has 0 rings (SSSR count). The number of carbonyl (C=O) groups excluding carboxylic acids is 4. The summed E-state index contributed by atoms with van der Waals surface area (Å²) in [6.07, 6.45) is 0.990. The molecule has 0 aromatic rings. The molecule has 0 bridgehead atoms. The number of alkyl carbamates (subject to hydrolysis) is 1. The average molecular weight is 657 g/mol. The predicted octanol–water partition coefficient (Wildman–Crippen LogP) is 3.16. The zero-order chi connectivity index (χ0) is 34.9. The summed E-state index contributed by atoms with van der Waals surface area (Å²) in [5, 5.41) is 22.5. The van der Waals surface area contributed by atoms with Crippen LogP contribution in [0.25, 0.3) is 0 Å². The van der Waals surface area contributed by atoms with Crippen molar-refractivity contribution in [3.8, 4) is 0 Å². The van der Waals surface area contributed by atoms with E-state index in [1.807, 2.05) is 47.8 Å². The van der Waals surface area contributed by atoms with Gasteiger partial charge in [-0.2, -0.15) is 11.8 Å². The molecule has 0 aliphatic rings. The highest BCUT2D eigenvalue weighted by atomic mass is 32.2. The Morgan fingerprint density at radius 1 is 0.911 bits per heavy atom. The smallest absolute Gasteiger partial charge is 0.408 e. The topological polar surface area (TPSA) is 161 Å². The maximum absolute atomic E-state index is 13.4. The van der Waals surface area contributed by atoms with Crippen LogP contribution in [-0.4, -0.2) is 104 Å². The molecule has 0 aliphatic heterocycles. The third-order valence-corrected chi connectivity index (χ3v) is 7.89. The van der Waals surface area contributed by atoms with Gasteiger partial charge in [0.1, 0.15) is 18.7 Å². The van der Waals surface area contributed by atoms with Crippen LogP contribution in [0.2, 0.25) is 0 Å². The van der Waals surface area contributed by atoms with E-state index in [0.29, 0.717) is 36.5 Å². The Bertz CT molecular complexity index is 987. The average Bonchev–Trinajstić information content (AvgIpc) is 2.95. The van der Waals surface area contributed by atoms with Crippen LogP contribution in [0.1, 0.15) is 74.7 Å². The number of aliphatic hydroxyl groups excluding tert-OH is 1. The summed E-state index contributed by atoms with van der Waals surface area (Å²) >= 11 is 1.54. The summed E-state index contributed by atoms with van der Waals surface area (Å²) in [5.74, 6) is -0.780. The summed E-state index contributed by atoms with van der Waals surface area (Å²) in [6.45, 7) is 19.1. The summed E-state index contributed by atoms with van der Waals surface area (Å²) in [7, 11) is 3.61. The van der Waals surface area contributed by atoms with E-state index < -0.39 is 42.1 Å². The Labute approximate surface area is 275 Å². The Kier molecular flexibility index (Phi) is 20.5. The summed E-state index contributed by atoms with van der Waals surface area (Å²) in [6, 6.07) is -2.26. The van der Waals surface area contributed by atoms with E-state index in [9.17, 15) is 24.3 Å². The number of nitrogens with one attached hydrogen (secondary N) is 4. The van der Waals surface area contributed by atoms with Gasteiger partial charge in [-0.3, -0.25) is 19.4 Å². The van der Waals surface area contributed by atoms with E-state index in [2.05, 4.69) is 33.0 Å².